The Balaban J connectivity index is 2.13. The summed E-state index contributed by atoms with van der Waals surface area (Å²) in [5.41, 5.74) is 7.54. The third-order valence-corrected chi connectivity index (χ3v) is 2.79. The molecule has 0 aliphatic rings. The van der Waals surface area contributed by atoms with E-state index in [0.717, 1.165) is 11.1 Å². The largest absolute Gasteiger partial charge is 0.472 e. The van der Waals surface area contributed by atoms with Gasteiger partial charge in [-0.3, -0.25) is 0 Å². The van der Waals surface area contributed by atoms with E-state index in [-0.39, 0.29) is 0 Å². The van der Waals surface area contributed by atoms with Crippen molar-refractivity contribution in [3.8, 4) is 5.88 Å². The first-order valence-electron chi connectivity index (χ1n) is 5.54. The van der Waals surface area contributed by atoms with Crippen molar-refractivity contribution in [2.75, 3.05) is 5.73 Å². The molecule has 0 saturated heterocycles. The average molecular weight is 264 g/mol. The molecule has 0 atom stereocenters. The number of ether oxygens (including phenoxy) is 1. The summed E-state index contributed by atoms with van der Waals surface area (Å²) in [4.78, 5) is 8.30. The van der Waals surface area contributed by atoms with E-state index in [4.69, 9.17) is 22.1 Å². The molecule has 0 aliphatic heterocycles. The van der Waals surface area contributed by atoms with Crippen LogP contribution in [0.1, 0.15) is 17.0 Å². The first-order chi connectivity index (χ1) is 8.56. The Morgan fingerprint density at radius 2 is 1.83 bits per heavy atom. The van der Waals surface area contributed by atoms with Gasteiger partial charge in [0.1, 0.15) is 18.2 Å². The van der Waals surface area contributed by atoms with Crippen molar-refractivity contribution >= 4 is 17.4 Å². The first-order valence-corrected chi connectivity index (χ1v) is 5.92. The number of nitrogens with two attached hydrogens (primary N) is 1. The van der Waals surface area contributed by atoms with Crippen LogP contribution >= 0.6 is 11.6 Å². The Bertz CT molecular complexity index is 555. The molecule has 4 nitrogen and oxygen atoms in total. The maximum Gasteiger partial charge on any atom is 0.222 e. The van der Waals surface area contributed by atoms with E-state index in [0.29, 0.717) is 29.2 Å². The number of nitrogens with zero attached hydrogens (tertiary/aromatic N) is 2. The van der Waals surface area contributed by atoms with Gasteiger partial charge in [-0.2, -0.15) is 4.98 Å². The van der Waals surface area contributed by atoms with Crippen molar-refractivity contribution in [2.45, 2.75) is 20.5 Å². The first kappa shape index (κ1) is 12.6. The molecule has 94 valence electrons. The lowest BCUT2D eigenvalue weighted by atomic mass is 10.2. The predicted octanol–water partition coefficient (Wildman–Crippen LogP) is 2.91. The highest BCUT2D eigenvalue weighted by atomic mass is 35.5. The van der Waals surface area contributed by atoms with E-state index in [1.807, 2.05) is 31.2 Å². The van der Waals surface area contributed by atoms with Gasteiger partial charge in [0.05, 0.1) is 5.56 Å². The lowest BCUT2D eigenvalue weighted by Gasteiger charge is -2.10. The summed E-state index contributed by atoms with van der Waals surface area (Å²) in [7, 11) is 0. The molecule has 0 unspecified atom stereocenters. The second kappa shape index (κ2) is 5.23. The molecule has 5 heteroatoms. The van der Waals surface area contributed by atoms with Crippen LogP contribution in [0.25, 0.3) is 0 Å². The normalized spacial score (nSPS) is 10.4. The zero-order valence-corrected chi connectivity index (χ0v) is 11.0. The number of anilines is 1. The molecule has 0 spiro atoms. The highest BCUT2D eigenvalue weighted by Crippen LogP contribution is 2.20. The maximum atomic E-state index is 5.82. The molecule has 0 fully saturated rings. The van der Waals surface area contributed by atoms with Crippen LogP contribution in [0.5, 0.6) is 5.88 Å². The molecule has 1 aromatic carbocycles. The molecule has 1 heterocycles. The summed E-state index contributed by atoms with van der Waals surface area (Å²) in [5.74, 6) is 1.58. The van der Waals surface area contributed by atoms with Gasteiger partial charge in [0.15, 0.2) is 0 Å². The summed E-state index contributed by atoms with van der Waals surface area (Å²) >= 11 is 5.82. The monoisotopic (exact) mass is 263 g/mol. The highest BCUT2D eigenvalue weighted by Gasteiger charge is 2.07. The molecule has 18 heavy (non-hydrogen) atoms. The predicted molar refractivity (Wildman–Crippen MR) is 71.7 cm³/mol. The van der Waals surface area contributed by atoms with Crippen molar-refractivity contribution < 1.29 is 4.74 Å². The molecule has 0 aliphatic carbocycles. The third-order valence-electron chi connectivity index (χ3n) is 2.54. The Kier molecular flexibility index (Phi) is 3.67. The fourth-order valence-electron chi connectivity index (χ4n) is 1.50. The Morgan fingerprint density at radius 1 is 1.17 bits per heavy atom. The van der Waals surface area contributed by atoms with Gasteiger partial charge in [0.2, 0.25) is 5.88 Å². The van der Waals surface area contributed by atoms with Crippen LogP contribution in [0.2, 0.25) is 5.02 Å². The van der Waals surface area contributed by atoms with E-state index in [1.165, 1.54) is 0 Å². The molecule has 0 saturated carbocycles. The molecular formula is C13H14ClN3O. The number of rotatable bonds is 3. The van der Waals surface area contributed by atoms with E-state index in [9.17, 15) is 0 Å². The quantitative estimate of drug-likeness (QED) is 0.925. The third kappa shape index (κ3) is 2.90. The van der Waals surface area contributed by atoms with E-state index >= 15 is 0 Å². The van der Waals surface area contributed by atoms with Crippen LogP contribution in [0, 0.1) is 13.8 Å². The van der Waals surface area contributed by atoms with Crippen LogP contribution in [0.4, 0.5) is 5.82 Å². The van der Waals surface area contributed by atoms with E-state index in [2.05, 4.69) is 9.97 Å². The second-order valence-electron chi connectivity index (χ2n) is 4.00. The van der Waals surface area contributed by atoms with Gasteiger partial charge in [0, 0.05) is 5.02 Å². The fraction of sp³-hybridized carbons (Fsp3) is 0.231. The van der Waals surface area contributed by atoms with Crippen molar-refractivity contribution in [2.24, 2.45) is 0 Å². The van der Waals surface area contributed by atoms with E-state index in [1.54, 1.807) is 6.92 Å². The highest BCUT2D eigenvalue weighted by molar-refractivity contribution is 6.30. The van der Waals surface area contributed by atoms with Crippen LogP contribution in [0.3, 0.4) is 0 Å². The number of aryl methyl sites for hydroxylation is 1. The van der Waals surface area contributed by atoms with Gasteiger partial charge >= 0.3 is 0 Å². The van der Waals surface area contributed by atoms with Crippen molar-refractivity contribution in [3.63, 3.8) is 0 Å². The second-order valence-corrected chi connectivity index (χ2v) is 4.44. The summed E-state index contributed by atoms with van der Waals surface area (Å²) in [5, 5.41) is 0.706. The van der Waals surface area contributed by atoms with Gasteiger partial charge < -0.3 is 10.5 Å². The molecule has 2 aromatic rings. The Labute approximate surface area is 111 Å². The molecule has 0 bridgehead atoms. The standard InChI is InChI=1S/C13H14ClN3O/c1-8-12(15)16-9(2)17-13(8)18-7-10-3-5-11(14)6-4-10/h3-6H,7H2,1-2H3,(H2,15,16,17). The lowest BCUT2D eigenvalue weighted by molar-refractivity contribution is 0.290. The molecule has 2 N–H and O–H groups in total. The van der Waals surface area contributed by atoms with Gasteiger partial charge in [0.25, 0.3) is 0 Å². The van der Waals surface area contributed by atoms with Gasteiger partial charge in [-0.05, 0) is 31.5 Å². The number of hydrogen-bond acceptors (Lipinski definition) is 4. The number of nitrogen functional groups attached to an aromatic ring is 1. The molecule has 1 aromatic heterocycles. The zero-order chi connectivity index (χ0) is 13.1. The fourth-order valence-corrected chi connectivity index (χ4v) is 1.62. The van der Waals surface area contributed by atoms with Crippen LogP contribution in [-0.4, -0.2) is 9.97 Å². The zero-order valence-electron chi connectivity index (χ0n) is 10.3. The van der Waals surface area contributed by atoms with Crippen molar-refractivity contribution in [3.05, 3.63) is 46.2 Å². The Hall–Kier alpha value is -1.81. The van der Waals surface area contributed by atoms with Crippen LogP contribution in [-0.2, 0) is 6.61 Å². The minimum Gasteiger partial charge on any atom is -0.472 e. The SMILES string of the molecule is Cc1nc(N)c(C)c(OCc2ccc(Cl)cc2)n1. The molecule has 0 radical (unpaired) electrons. The maximum absolute atomic E-state index is 5.82. The van der Waals surface area contributed by atoms with Crippen LogP contribution < -0.4 is 10.5 Å². The smallest absolute Gasteiger partial charge is 0.222 e. The van der Waals surface area contributed by atoms with Crippen molar-refractivity contribution in [1.29, 1.82) is 0 Å². The molecule has 0 amide bonds. The molecule has 2 rings (SSSR count). The summed E-state index contributed by atoms with van der Waals surface area (Å²) in [6, 6.07) is 7.48. The number of halogens is 1. The lowest BCUT2D eigenvalue weighted by Crippen LogP contribution is -2.05. The van der Waals surface area contributed by atoms with Gasteiger partial charge in [-0.25, -0.2) is 4.98 Å². The van der Waals surface area contributed by atoms with Gasteiger partial charge in [-0.15, -0.1) is 0 Å². The van der Waals surface area contributed by atoms with Gasteiger partial charge in [-0.1, -0.05) is 23.7 Å². The minimum absolute atomic E-state index is 0.425. The number of aromatic nitrogens is 2. The van der Waals surface area contributed by atoms with E-state index < -0.39 is 0 Å². The molecular weight excluding hydrogens is 250 g/mol. The topological polar surface area (TPSA) is 61.0 Å². The Morgan fingerprint density at radius 3 is 2.50 bits per heavy atom. The number of hydrogen-bond donors (Lipinski definition) is 1. The minimum atomic E-state index is 0.425. The summed E-state index contributed by atoms with van der Waals surface area (Å²) in [6.07, 6.45) is 0. The van der Waals surface area contributed by atoms with Crippen molar-refractivity contribution in [1.82, 2.24) is 9.97 Å². The summed E-state index contributed by atoms with van der Waals surface area (Å²) < 4.78 is 5.65. The van der Waals surface area contributed by atoms with Crippen LogP contribution in [0.15, 0.2) is 24.3 Å². The average Bonchev–Trinajstić information content (AvgIpc) is 2.34. The number of benzene rings is 1. The summed E-state index contributed by atoms with van der Waals surface area (Å²) in [6.45, 7) is 4.05.